The molecule has 2 aliphatic carbocycles. The summed E-state index contributed by atoms with van der Waals surface area (Å²) in [7, 11) is 0. The van der Waals surface area contributed by atoms with Gasteiger partial charge in [-0.3, -0.25) is 4.79 Å². The highest BCUT2D eigenvalue weighted by Crippen LogP contribution is 2.44. The minimum absolute atomic E-state index is 0.0107. The molecule has 35 heavy (non-hydrogen) atoms. The van der Waals surface area contributed by atoms with Gasteiger partial charge in [0.25, 0.3) is 0 Å². The van der Waals surface area contributed by atoms with Crippen molar-refractivity contribution in [2.45, 2.75) is 43.7 Å². The van der Waals surface area contributed by atoms with E-state index in [-0.39, 0.29) is 43.1 Å². The number of benzene rings is 2. The number of carboxylic acids is 1. The van der Waals surface area contributed by atoms with E-state index in [0.717, 1.165) is 19.3 Å². The van der Waals surface area contributed by atoms with Gasteiger partial charge in [0.05, 0.1) is 6.10 Å². The van der Waals surface area contributed by atoms with E-state index in [9.17, 15) is 14.4 Å². The number of fused-ring (bicyclic) bond motifs is 3. The number of aliphatic carboxylic acids is 1. The average Bonchev–Trinajstić information content (AvgIpc) is 3.15. The second-order valence-corrected chi connectivity index (χ2v) is 9.60. The molecule has 184 valence electrons. The maximum absolute atomic E-state index is 12.8. The molecule has 1 aliphatic heterocycles. The highest BCUT2D eigenvalue weighted by molar-refractivity contribution is 5.80. The molecule has 2 amide bonds. The summed E-state index contributed by atoms with van der Waals surface area (Å²) in [6, 6.07) is 16.3. The number of carboxylic acid groups (broad SMARTS) is 1. The van der Waals surface area contributed by atoms with Gasteiger partial charge in [-0.15, -0.1) is 0 Å². The normalized spacial score (nSPS) is 21.5. The summed E-state index contributed by atoms with van der Waals surface area (Å²) >= 11 is 0. The van der Waals surface area contributed by atoms with E-state index in [0.29, 0.717) is 19.5 Å². The fourth-order valence-corrected chi connectivity index (χ4v) is 5.52. The van der Waals surface area contributed by atoms with E-state index in [2.05, 4.69) is 29.6 Å². The SMILES string of the molecule is O=C(O)COC1CN(C(=O)[C@@H]2CCC[C@@H](NC(=O)OCC3c4ccccc4-c4ccccc43)C2)C1. The summed E-state index contributed by atoms with van der Waals surface area (Å²) < 4.78 is 10.9. The molecule has 1 saturated heterocycles. The third-order valence-electron chi connectivity index (χ3n) is 7.29. The van der Waals surface area contributed by atoms with Crippen LogP contribution < -0.4 is 5.32 Å². The van der Waals surface area contributed by atoms with Crippen molar-refractivity contribution in [1.82, 2.24) is 10.2 Å². The Labute approximate surface area is 204 Å². The monoisotopic (exact) mass is 478 g/mol. The number of likely N-dealkylation sites (tertiary alicyclic amines) is 1. The summed E-state index contributed by atoms with van der Waals surface area (Å²) in [6.45, 7) is 0.767. The second-order valence-electron chi connectivity index (χ2n) is 9.60. The van der Waals surface area contributed by atoms with E-state index < -0.39 is 12.1 Å². The first-order chi connectivity index (χ1) is 17.0. The molecule has 0 bridgehead atoms. The minimum Gasteiger partial charge on any atom is -0.480 e. The van der Waals surface area contributed by atoms with Crippen molar-refractivity contribution in [3.8, 4) is 11.1 Å². The van der Waals surface area contributed by atoms with Crippen LogP contribution in [0.25, 0.3) is 11.1 Å². The summed E-state index contributed by atoms with van der Waals surface area (Å²) in [4.78, 5) is 37.8. The number of nitrogens with one attached hydrogen (secondary N) is 1. The lowest BCUT2D eigenvalue weighted by Gasteiger charge is -2.41. The molecule has 5 rings (SSSR count). The lowest BCUT2D eigenvalue weighted by atomic mass is 9.84. The first-order valence-electron chi connectivity index (χ1n) is 12.2. The van der Waals surface area contributed by atoms with E-state index >= 15 is 0 Å². The van der Waals surface area contributed by atoms with Gasteiger partial charge in [0.2, 0.25) is 5.91 Å². The third-order valence-corrected chi connectivity index (χ3v) is 7.29. The van der Waals surface area contributed by atoms with Crippen molar-refractivity contribution < 1.29 is 29.0 Å². The Morgan fingerprint density at radius 3 is 2.29 bits per heavy atom. The smallest absolute Gasteiger partial charge is 0.407 e. The van der Waals surface area contributed by atoms with Gasteiger partial charge in [-0.1, -0.05) is 55.0 Å². The highest BCUT2D eigenvalue weighted by atomic mass is 16.5. The van der Waals surface area contributed by atoms with E-state index in [1.165, 1.54) is 22.3 Å². The van der Waals surface area contributed by atoms with Crippen LogP contribution in [0.15, 0.2) is 48.5 Å². The Kier molecular flexibility index (Phi) is 6.72. The molecule has 0 unspecified atom stereocenters. The summed E-state index contributed by atoms with van der Waals surface area (Å²) in [5.74, 6) is -1.09. The first kappa shape index (κ1) is 23.4. The fraction of sp³-hybridized carbons (Fsp3) is 0.444. The summed E-state index contributed by atoms with van der Waals surface area (Å²) in [6.07, 6.45) is 2.39. The number of rotatable bonds is 7. The molecule has 2 aromatic carbocycles. The van der Waals surface area contributed by atoms with Crippen LogP contribution in [0.2, 0.25) is 0 Å². The zero-order valence-corrected chi connectivity index (χ0v) is 19.5. The van der Waals surface area contributed by atoms with E-state index in [4.69, 9.17) is 14.6 Å². The molecule has 3 aliphatic rings. The summed E-state index contributed by atoms with van der Waals surface area (Å²) in [5, 5.41) is 11.7. The molecule has 0 aromatic heterocycles. The molecule has 2 fully saturated rings. The number of carbonyl (C=O) groups is 3. The van der Waals surface area contributed by atoms with Crippen LogP contribution in [0, 0.1) is 5.92 Å². The Morgan fingerprint density at radius 1 is 0.971 bits per heavy atom. The molecule has 8 heteroatoms. The topological polar surface area (TPSA) is 105 Å². The van der Waals surface area contributed by atoms with Crippen LogP contribution >= 0.6 is 0 Å². The lowest BCUT2D eigenvalue weighted by Crippen LogP contribution is -2.57. The Balaban J connectivity index is 1.11. The number of ether oxygens (including phenoxy) is 2. The molecule has 0 radical (unpaired) electrons. The van der Waals surface area contributed by atoms with Crippen LogP contribution in [0.5, 0.6) is 0 Å². The first-order valence-corrected chi connectivity index (χ1v) is 12.2. The van der Waals surface area contributed by atoms with Crippen molar-refractivity contribution >= 4 is 18.0 Å². The van der Waals surface area contributed by atoms with Gasteiger partial charge < -0.3 is 24.8 Å². The van der Waals surface area contributed by atoms with Gasteiger partial charge in [0, 0.05) is 31.0 Å². The van der Waals surface area contributed by atoms with Gasteiger partial charge >= 0.3 is 12.1 Å². The summed E-state index contributed by atoms with van der Waals surface area (Å²) in [5.41, 5.74) is 4.72. The molecule has 2 atom stereocenters. The number of alkyl carbamates (subject to hydrolysis) is 1. The van der Waals surface area contributed by atoms with Crippen molar-refractivity contribution in [2.75, 3.05) is 26.3 Å². The van der Waals surface area contributed by atoms with E-state index in [1.54, 1.807) is 4.90 Å². The number of carbonyl (C=O) groups excluding carboxylic acids is 2. The lowest BCUT2D eigenvalue weighted by molar-refractivity contribution is -0.157. The van der Waals surface area contributed by atoms with Crippen LogP contribution in [-0.2, 0) is 19.1 Å². The maximum Gasteiger partial charge on any atom is 0.407 e. The highest BCUT2D eigenvalue weighted by Gasteiger charge is 2.38. The molecule has 1 heterocycles. The molecule has 1 saturated carbocycles. The van der Waals surface area contributed by atoms with Crippen molar-refractivity contribution in [1.29, 1.82) is 0 Å². The molecule has 2 aromatic rings. The fourth-order valence-electron chi connectivity index (χ4n) is 5.52. The van der Waals surface area contributed by atoms with Crippen LogP contribution in [0.4, 0.5) is 4.79 Å². The Hall–Kier alpha value is -3.39. The van der Waals surface area contributed by atoms with Crippen molar-refractivity contribution in [3.63, 3.8) is 0 Å². The Bertz CT molecular complexity index is 1070. The van der Waals surface area contributed by atoms with Gasteiger partial charge in [0.1, 0.15) is 13.2 Å². The predicted octanol–water partition coefficient (Wildman–Crippen LogP) is 3.40. The van der Waals surface area contributed by atoms with Crippen LogP contribution in [0.3, 0.4) is 0 Å². The number of hydrogen-bond acceptors (Lipinski definition) is 5. The van der Waals surface area contributed by atoms with Gasteiger partial charge in [-0.05, 0) is 41.5 Å². The van der Waals surface area contributed by atoms with Gasteiger partial charge in [0.15, 0.2) is 0 Å². The predicted molar refractivity (Wildman–Crippen MR) is 128 cm³/mol. The average molecular weight is 479 g/mol. The number of hydrogen-bond donors (Lipinski definition) is 2. The van der Waals surface area contributed by atoms with Crippen molar-refractivity contribution in [2.24, 2.45) is 5.92 Å². The van der Waals surface area contributed by atoms with Crippen LogP contribution in [-0.4, -0.2) is 66.4 Å². The Morgan fingerprint density at radius 2 is 1.63 bits per heavy atom. The third kappa shape index (κ3) is 5.03. The largest absolute Gasteiger partial charge is 0.480 e. The standard InChI is InChI=1S/C27H30N2O6/c30-25(31)16-34-19-13-29(14-19)26(32)17-6-5-7-18(12-17)28-27(33)35-15-24-22-10-3-1-8-20(22)21-9-2-4-11-23(21)24/h1-4,8-11,17-19,24H,5-7,12-16H2,(H,28,33)(H,30,31)/t17-,18-/m1/s1. The zero-order chi connectivity index (χ0) is 24.4. The molecule has 8 nitrogen and oxygen atoms in total. The van der Waals surface area contributed by atoms with Crippen molar-refractivity contribution in [3.05, 3.63) is 59.7 Å². The molecule has 0 spiro atoms. The quantitative estimate of drug-likeness (QED) is 0.632. The van der Waals surface area contributed by atoms with Crippen LogP contribution in [0.1, 0.15) is 42.7 Å². The van der Waals surface area contributed by atoms with E-state index in [1.807, 2.05) is 24.3 Å². The second kappa shape index (κ2) is 10.1. The molecular weight excluding hydrogens is 448 g/mol. The zero-order valence-electron chi connectivity index (χ0n) is 19.5. The number of amides is 2. The number of nitrogens with zero attached hydrogens (tertiary/aromatic N) is 1. The minimum atomic E-state index is -1.01. The maximum atomic E-state index is 12.8. The van der Waals surface area contributed by atoms with Gasteiger partial charge in [-0.25, -0.2) is 9.59 Å². The van der Waals surface area contributed by atoms with Gasteiger partial charge in [-0.2, -0.15) is 0 Å². The molecular formula is C27H30N2O6. The molecule has 2 N–H and O–H groups in total.